The van der Waals surface area contributed by atoms with Gasteiger partial charge >= 0.3 is 0 Å². The lowest BCUT2D eigenvalue weighted by Gasteiger charge is -2.39. The monoisotopic (exact) mass is 239 g/mol. The first-order valence-corrected chi connectivity index (χ1v) is 6.73. The van der Waals surface area contributed by atoms with Gasteiger partial charge in [0.25, 0.3) is 0 Å². The molecule has 1 saturated carbocycles. The first kappa shape index (κ1) is 12.8. The van der Waals surface area contributed by atoms with Crippen molar-refractivity contribution < 1.29 is 4.79 Å². The van der Waals surface area contributed by atoms with Gasteiger partial charge in [-0.15, -0.1) is 0 Å². The third-order valence-corrected chi connectivity index (χ3v) is 4.60. The van der Waals surface area contributed by atoms with Gasteiger partial charge < -0.3 is 15.5 Å². The van der Waals surface area contributed by atoms with Crippen molar-refractivity contribution in [2.45, 2.75) is 37.6 Å². The van der Waals surface area contributed by atoms with Gasteiger partial charge in [0.05, 0.1) is 0 Å². The maximum atomic E-state index is 11.9. The van der Waals surface area contributed by atoms with Gasteiger partial charge in [0, 0.05) is 25.0 Å². The van der Waals surface area contributed by atoms with E-state index in [4.69, 9.17) is 5.73 Å². The number of likely N-dealkylation sites (tertiary alicyclic amines) is 1. The summed E-state index contributed by atoms with van der Waals surface area (Å²) < 4.78 is 0. The number of nitrogens with two attached hydrogens (primary N) is 1. The summed E-state index contributed by atoms with van der Waals surface area (Å²) in [5, 5.41) is 0. The number of hydrogen-bond acceptors (Lipinski definition) is 3. The maximum absolute atomic E-state index is 11.9. The molecule has 1 aliphatic carbocycles. The Kier molecular flexibility index (Phi) is 3.73. The lowest BCUT2D eigenvalue weighted by molar-refractivity contribution is -0.129. The Morgan fingerprint density at radius 2 is 2.06 bits per heavy atom. The minimum Gasteiger partial charge on any atom is -0.340 e. The van der Waals surface area contributed by atoms with Crippen LogP contribution in [0.4, 0.5) is 0 Å². The van der Waals surface area contributed by atoms with E-state index in [9.17, 15) is 4.79 Å². The Balaban J connectivity index is 2.02. The van der Waals surface area contributed by atoms with Gasteiger partial charge in [0.15, 0.2) is 0 Å². The summed E-state index contributed by atoms with van der Waals surface area (Å²) in [5.41, 5.74) is 5.89. The van der Waals surface area contributed by atoms with E-state index in [0.717, 1.165) is 13.1 Å². The summed E-state index contributed by atoms with van der Waals surface area (Å²) >= 11 is 0. The first-order valence-electron chi connectivity index (χ1n) is 6.73. The fourth-order valence-electron chi connectivity index (χ4n) is 3.30. The summed E-state index contributed by atoms with van der Waals surface area (Å²) in [6.45, 7) is 2.40. The van der Waals surface area contributed by atoms with Gasteiger partial charge in [0.1, 0.15) is 0 Å². The fourth-order valence-corrected chi connectivity index (χ4v) is 3.30. The zero-order valence-corrected chi connectivity index (χ0v) is 11.1. The third kappa shape index (κ3) is 2.47. The molecule has 1 heterocycles. The third-order valence-electron chi connectivity index (χ3n) is 4.60. The van der Waals surface area contributed by atoms with E-state index in [1.165, 1.54) is 25.7 Å². The van der Waals surface area contributed by atoms with Crippen LogP contribution in [0.15, 0.2) is 0 Å². The molecule has 17 heavy (non-hydrogen) atoms. The molecule has 98 valence electrons. The van der Waals surface area contributed by atoms with Crippen molar-refractivity contribution in [3.63, 3.8) is 0 Å². The summed E-state index contributed by atoms with van der Waals surface area (Å²) in [4.78, 5) is 16.3. The molecule has 1 amide bonds. The van der Waals surface area contributed by atoms with E-state index in [-0.39, 0.29) is 5.54 Å². The standard InChI is InChI=1S/C13H25N3O/c1-15(2)13(5-3-4-6-13)10-16-9-11(8-14)7-12(16)17/h11H,3-10,14H2,1-2H3. The molecule has 0 aromatic carbocycles. The molecular formula is C13H25N3O. The number of rotatable bonds is 4. The van der Waals surface area contributed by atoms with Gasteiger partial charge in [-0.3, -0.25) is 4.79 Å². The fraction of sp³-hybridized carbons (Fsp3) is 0.923. The van der Waals surface area contributed by atoms with Crippen LogP contribution in [0.3, 0.4) is 0 Å². The second-order valence-corrected chi connectivity index (χ2v) is 5.91. The zero-order valence-electron chi connectivity index (χ0n) is 11.1. The molecular weight excluding hydrogens is 214 g/mol. The average molecular weight is 239 g/mol. The van der Waals surface area contributed by atoms with Crippen LogP contribution >= 0.6 is 0 Å². The molecule has 4 nitrogen and oxygen atoms in total. The molecule has 0 bridgehead atoms. The van der Waals surface area contributed by atoms with Gasteiger partial charge in [-0.1, -0.05) is 12.8 Å². The Hall–Kier alpha value is -0.610. The van der Waals surface area contributed by atoms with Crippen LogP contribution in [-0.4, -0.2) is 55.0 Å². The normalized spacial score (nSPS) is 28.4. The molecule has 2 fully saturated rings. The molecule has 0 aromatic rings. The van der Waals surface area contributed by atoms with E-state index in [1.54, 1.807) is 0 Å². The minimum atomic E-state index is 0.221. The van der Waals surface area contributed by atoms with Gasteiger partial charge in [0.2, 0.25) is 5.91 Å². The lowest BCUT2D eigenvalue weighted by atomic mass is 9.95. The van der Waals surface area contributed by atoms with E-state index in [2.05, 4.69) is 19.0 Å². The molecule has 0 spiro atoms. The van der Waals surface area contributed by atoms with Crippen LogP contribution in [0, 0.1) is 5.92 Å². The molecule has 2 aliphatic rings. The number of carbonyl (C=O) groups is 1. The summed E-state index contributed by atoms with van der Waals surface area (Å²) in [6.07, 6.45) is 5.68. The molecule has 2 N–H and O–H groups in total. The van der Waals surface area contributed by atoms with Crippen LogP contribution in [0.5, 0.6) is 0 Å². The van der Waals surface area contributed by atoms with Crippen LogP contribution in [0.1, 0.15) is 32.1 Å². The van der Waals surface area contributed by atoms with Crippen molar-refractivity contribution in [2.75, 3.05) is 33.7 Å². The average Bonchev–Trinajstić information content (AvgIpc) is 2.88. The van der Waals surface area contributed by atoms with Crippen LogP contribution in [-0.2, 0) is 4.79 Å². The molecule has 1 aliphatic heterocycles. The number of carbonyl (C=O) groups excluding carboxylic acids is 1. The van der Waals surface area contributed by atoms with E-state index in [1.807, 2.05) is 4.90 Å². The second-order valence-electron chi connectivity index (χ2n) is 5.91. The Labute approximate surface area is 104 Å². The predicted octanol–water partition coefficient (Wildman–Crippen LogP) is 0.668. The highest BCUT2D eigenvalue weighted by molar-refractivity contribution is 5.78. The zero-order chi connectivity index (χ0) is 12.5. The van der Waals surface area contributed by atoms with E-state index in [0.29, 0.717) is 24.8 Å². The van der Waals surface area contributed by atoms with Crippen molar-refractivity contribution in [3.8, 4) is 0 Å². The smallest absolute Gasteiger partial charge is 0.223 e. The number of amides is 1. The van der Waals surface area contributed by atoms with Crippen molar-refractivity contribution in [2.24, 2.45) is 11.7 Å². The highest BCUT2D eigenvalue weighted by atomic mass is 16.2. The molecule has 2 rings (SSSR count). The molecule has 1 saturated heterocycles. The topological polar surface area (TPSA) is 49.6 Å². The van der Waals surface area contributed by atoms with E-state index < -0.39 is 0 Å². The molecule has 0 aromatic heterocycles. The van der Waals surface area contributed by atoms with Crippen molar-refractivity contribution in [1.82, 2.24) is 9.80 Å². The summed E-state index contributed by atoms with van der Waals surface area (Å²) in [7, 11) is 4.29. The van der Waals surface area contributed by atoms with Crippen LogP contribution in [0.2, 0.25) is 0 Å². The number of likely N-dealkylation sites (N-methyl/N-ethyl adjacent to an activating group) is 1. The van der Waals surface area contributed by atoms with Crippen LogP contribution < -0.4 is 5.73 Å². The first-order chi connectivity index (χ1) is 8.07. The van der Waals surface area contributed by atoms with Crippen molar-refractivity contribution in [3.05, 3.63) is 0 Å². The maximum Gasteiger partial charge on any atom is 0.223 e. The minimum absolute atomic E-state index is 0.221. The lowest BCUT2D eigenvalue weighted by Crippen LogP contribution is -2.51. The summed E-state index contributed by atoms with van der Waals surface area (Å²) in [5.74, 6) is 0.677. The Morgan fingerprint density at radius 3 is 2.53 bits per heavy atom. The highest BCUT2D eigenvalue weighted by Crippen LogP contribution is 2.35. The second kappa shape index (κ2) is 4.94. The Morgan fingerprint density at radius 1 is 1.41 bits per heavy atom. The SMILES string of the molecule is CN(C)C1(CN2CC(CN)CC2=O)CCCC1. The molecule has 1 atom stereocenters. The van der Waals surface area contributed by atoms with Crippen LogP contribution in [0.25, 0.3) is 0 Å². The Bertz CT molecular complexity index is 284. The molecule has 1 unspecified atom stereocenters. The highest BCUT2D eigenvalue weighted by Gasteiger charge is 2.40. The van der Waals surface area contributed by atoms with Gasteiger partial charge in [-0.05, 0) is 39.4 Å². The van der Waals surface area contributed by atoms with Crippen molar-refractivity contribution >= 4 is 5.91 Å². The number of hydrogen-bond donors (Lipinski definition) is 1. The number of nitrogens with zero attached hydrogens (tertiary/aromatic N) is 2. The van der Waals surface area contributed by atoms with E-state index >= 15 is 0 Å². The largest absolute Gasteiger partial charge is 0.340 e. The molecule has 4 heteroatoms. The van der Waals surface area contributed by atoms with Gasteiger partial charge in [-0.25, -0.2) is 0 Å². The predicted molar refractivity (Wildman–Crippen MR) is 68.6 cm³/mol. The van der Waals surface area contributed by atoms with Crippen molar-refractivity contribution in [1.29, 1.82) is 0 Å². The van der Waals surface area contributed by atoms with Gasteiger partial charge in [-0.2, -0.15) is 0 Å². The quantitative estimate of drug-likeness (QED) is 0.784. The summed E-state index contributed by atoms with van der Waals surface area (Å²) in [6, 6.07) is 0. The molecule has 0 radical (unpaired) electrons.